The number of halogens is 2. The second-order valence-electron chi connectivity index (χ2n) is 5.26. The first-order valence-electron chi connectivity index (χ1n) is 6.89. The van der Waals surface area contributed by atoms with Crippen molar-refractivity contribution in [3.8, 4) is 0 Å². The van der Waals surface area contributed by atoms with Crippen molar-refractivity contribution in [2.45, 2.75) is 38.3 Å². The molecule has 0 unspecified atom stereocenters. The minimum absolute atomic E-state index is 0.196. The number of nitrogens with zero attached hydrogens (tertiary/aromatic N) is 1. The number of ether oxygens (including phenoxy) is 1. The summed E-state index contributed by atoms with van der Waals surface area (Å²) in [4.78, 5) is 2.22. The van der Waals surface area contributed by atoms with Gasteiger partial charge in [0, 0.05) is 19.7 Å². The molecule has 0 N–H and O–H groups in total. The Bertz CT molecular complexity index is 407. The highest BCUT2D eigenvalue weighted by Gasteiger charge is 2.14. The Hall–Kier alpha value is -0.640. The molecular weight excluding hydrogens is 265 g/mol. The van der Waals surface area contributed by atoms with E-state index in [0.717, 1.165) is 31.7 Å². The summed E-state index contributed by atoms with van der Waals surface area (Å²) in [5.41, 5.74) is 1.04. The maximum atomic E-state index is 13.1. The molecule has 2 nitrogen and oxygen atoms in total. The summed E-state index contributed by atoms with van der Waals surface area (Å²) in [5.74, 6) is -0.358. The first kappa shape index (κ1) is 14.8. The first-order valence-corrected chi connectivity index (χ1v) is 7.27. The van der Waals surface area contributed by atoms with Crippen molar-refractivity contribution in [1.82, 2.24) is 4.90 Å². The first-order chi connectivity index (χ1) is 9.15. The van der Waals surface area contributed by atoms with Gasteiger partial charge in [0.05, 0.1) is 11.1 Å². The Kier molecular flexibility index (Phi) is 5.61. The van der Waals surface area contributed by atoms with Gasteiger partial charge in [0.2, 0.25) is 0 Å². The fourth-order valence-electron chi connectivity index (χ4n) is 2.43. The van der Waals surface area contributed by atoms with E-state index in [1.165, 1.54) is 25.3 Å². The maximum absolute atomic E-state index is 13.1. The van der Waals surface area contributed by atoms with Gasteiger partial charge < -0.3 is 9.64 Å². The summed E-state index contributed by atoms with van der Waals surface area (Å²) in [6, 6.07) is 4.91. The lowest BCUT2D eigenvalue weighted by Crippen LogP contribution is -2.26. The lowest BCUT2D eigenvalue weighted by atomic mass is 10.1. The van der Waals surface area contributed by atoms with Gasteiger partial charge in [-0.2, -0.15) is 0 Å². The molecule has 1 aliphatic heterocycles. The molecule has 0 aliphatic carbocycles. The largest absolute Gasteiger partial charge is 0.378 e. The van der Waals surface area contributed by atoms with Gasteiger partial charge >= 0.3 is 0 Å². The molecule has 0 aromatic heterocycles. The van der Waals surface area contributed by atoms with Crippen LogP contribution < -0.4 is 0 Å². The zero-order chi connectivity index (χ0) is 13.7. The molecule has 106 valence electrons. The zero-order valence-electron chi connectivity index (χ0n) is 11.4. The van der Waals surface area contributed by atoms with E-state index < -0.39 is 0 Å². The summed E-state index contributed by atoms with van der Waals surface area (Å²) < 4.78 is 18.8. The second-order valence-corrected chi connectivity index (χ2v) is 5.67. The molecule has 1 atom stereocenters. The van der Waals surface area contributed by atoms with E-state index in [9.17, 15) is 4.39 Å². The summed E-state index contributed by atoms with van der Waals surface area (Å²) in [7, 11) is 2.07. The fourth-order valence-corrected chi connectivity index (χ4v) is 2.63. The van der Waals surface area contributed by atoms with Crippen molar-refractivity contribution >= 4 is 11.6 Å². The van der Waals surface area contributed by atoms with E-state index in [2.05, 4.69) is 11.9 Å². The lowest BCUT2D eigenvalue weighted by molar-refractivity contribution is 0.00641. The van der Waals surface area contributed by atoms with Crippen LogP contribution >= 0.6 is 11.6 Å². The maximum Gasteiger partial charge on any atom is 0.141 e. The molecule has 1 saturated heterocycles. The highest BCUT2D eigenvalue weighted by Crippen LogP contribution is 2.18. The van der Waals surface area contributed by atoms with Crippen LogP contribution in [0.2, 0.25) is 5.02 Å². The average molecular weight is 286 g/mol. The topological polar surface area (TPSA) is 12.5 Å². The zero-order valence-corrected chi connectivity index (χ0v) is 12.1. The minimum Gasteiger partial charge on any atom is -0.378 e. The third kappa shape index (κ3) is 4.75. The predicted molar refractivity (Wildman–Crippen MR) is 76.0 cm³/mol. The van der Waals surface area contributed by atoms with Gasteiger partial charge in [0.15, 0.2) is 0 Å². The standard InChI is InChI=1S/C15H21ClFNO/c1-18(8-7-13-4-2-3-9-19-13)11-12-5-6-15(17)14(16)10-12/h5-6,10,13H,2-4,7-9,11H2,1H3/t13-/m1/s1. The van der Waals surface area contributed by atoms with Crippen molar-refractivity contribution in [2.24, 2.45) is 0 Å². The molecule has 0 saturated carbocycles. The molecule has 1 aliphatic rings. The van der Waals surface area contributed by atoms with Gasteiger partial charge in [-0.05, 0) is 50.4 Å². The van der Waals surface area contributed by atoms with Gasteiger partial charge in [-0.3, -0.25) is 0 Å². The van der Waals surface area contributed by atoms with E-state index in [1.54, 1.807) is 12.1 Å². The van der Waals surface area contributed by atoms with E-state index in [-0.39, 0.29) is 10.8 Å². The summed E-state index contributed by atoms with van der Waals surface area (Å²) >= 11 is 5.78. The third-order valence-corrected chi connectivity index (χ3v) is 3.83. The number of hydrogen-bond acceptors (Lipinski definition) is 2. The number of hydrogen-bond donors (Lipinski definition) is 0. The SMILES string of the molecule is CN(CC[C@H]1CCCCO1)Cc1ccc(F)c(Cl)c1. The normalized spacial score (nSPS) is 19.9. The van der Waals surface area contributed by atoms with Crippen LogP contribution in [-0.4, -0.2) is 31.2 Å². The van der Waals surface area contributed by atoms with Crippen LogP contribution in [0.3, 0.4) is 0 Å². The second kappa shape index (κ2) is 7.22. The smallest absolute Gasteiger partial charge is 0.141 e. The van der Waals surface area contributed by atoms with Crippen LogP contribution in [0.15, 0.2) is 18.2 Å². The Morgan fingerprint density at radius 3 is 2.95 bits per heavy atom. The van der Waals surface area contributed by atoms with Gasteiger partial charge in [-0.15, -0.1) is 0 Å². The Morgan fingerprint density at radius 2 is 2.26 bits per heavy atom. The molecule has 0 bridgehead atoms. The molecule has 4 heteroatoms. The van der Waals surface area contributed by atoms with Crippen molar-refractivity contribution in [2.75, 3.05) is 20.2 Å². The monoisotopic (exact) mass is 285 g/mol. The highest BCUT2D eigenvalue weighted by atomic mass is 35.5. The van der Waals surface area contributed by atoms with Crippen LogP contribution in [0.25, 0.3) is 0 Å². The van der Waals surface area contributed by atoms with Crippen LogP contribution in [-0.2, 0) is 11.3 Å². The van der Waals surface area contributed by atoms with E-state index in [0.29, 0.717) is 6.10 Å². The molecule has 2 rings (SSSR count). The van der Waals surface area contributed by atoms with E-state index >= 15 is 0 Å². The van der Waals surface area contributed by atoms with Gasteiger partial charge in [0.25, 0.3) is 0 Å². The molecular formula is C15H21ClFNO. The Labute approximate surface area is 119 Å². The molecule has 1 aromatic carbocycles. The molecule has 1 fully saturated rings. The minimum atomic E-state index is -0.358. The molecule has 0 spiro atoms. The van der Waals surface area contributed by atoms with Gasteiger partial charge in [0.1, 0.15) is 5.82 Å². The summed E-state index contributed by atoms with van der Waals surface area (Å²) in [5, 5.41) is 0.196. The number of rotatable bonds is 5. The number of benzene rings is 1. The van der Waals surface area contributed by atoms with Crippen LogP contribution in [0.5, 0.6) is 0 Å². The highest BCUT2D eigenvalue weighted by molar-refractivity contribution is 6.30. The van der Waals surface area contributed by atoms with E-state index in [1.807, 2.05) is 0 Å². The molecule has 1 aromatic rings. The van der Waals surface area contributed by atoms with Crippen molar-refractivity contribution in [3.63, 3.8) is 0 Å². The van der Waals surface area contributed by atoms with Crippen molar-refractivity contribution < 1.29 is 9.13 Å². The quantitative estimate of drug-likeness (QED) is 0.814. The molecule has 19 heavy (non-hydrogen) atoms. The van der Waals surface area contributed by atoms with Crippen LogP contribution in [0.4, 0.5) is 4.39 Å². The fraction of sp³-hybridized carbons (Fsp3) is 0.600. The molecule has 1 heterocycles. The van der Waals surface area contributed by atoms with Gasteiger partial charge in [-0.25, -0.2) is 4.39 Å². The predicted octanol–water partition coefficient (Wildman–Crippen LogP) is 3.87. The molecule has 0 amide bonds. The van der Waals surface area contributed by atoms with Gasteiger partial charge in [-0.1, -0.05) is 17.7 Å². The van der Waals surface area contributed by atoms with E-state index in [4.69, 9.17) is 16.3 Å². The Morgan fingerprint density at radius 1 is 1.42 bits per heavy atom. The lowest BCUT2D eigenvalue weighted by Gasteiger charge is -2.25. The average Bonchev–Trinajstić information content (AvgIpc) is 2.42. The Balaban J connectivity index is 1.76. The summed E-state index contributed by atoms with van der Waals surface area (Å²) in [6.45, 7) is 2.67. The van der Waals surface area contributed by atoms with Crippen LogP contribution in [0.1, 0.15) is 31.2 Å². The molecule has 0 radical (unpaired) electrons. The third-order valence-electron chi connectivity index (χ3n) is 3.54. The summed E-state index contributed by atoms with van der Waals surface area (Å²) in [6.07, 6.45) is 5.12. The van der Waals surface area contributed by atoms with Crippen molar-refractivity contribution in [1.29, 1.82) is 0 Å². The van der Waals surface area contributed by atoms with Crippen molar-refractivity contribution in [3.05, 3.63) is 34.6 Å². The van der Waals surface area contributed by atoms with Crippen LogP contribution in [0, 0.1) is 5.82 Å².